The van der Waals surface area contributed by atoms with Crippen LogP contribution in [0.3, 0.4) is 0 Å². The molecule has 1 heterocycles. The maximum Gasteiger partial charge on any atom is 0.0950 e. The van der Waals surface area contributed by atoms with Crippen molar-refractivity contribution in [3.8, 4) is 6.07 Å². The van der Waals surface area contributed by atoms with Gasteiger partial charge in [0.2, 0.25) is 0 Å². The lowest BCUT2D eigenvalue weighted by atomic mass is 10.2. The van der Waals surface area contributed by atoms with E-state index < -0.39 is 0 Å². The molecule has 14 heavy (non-hydrogen) atoms. The summed E-state index contributed by atoms with van der Waals surface area (Å²) in [6.07, 6.45) is 4.27. The first-order valence-electron chi connectivity index (χ1n) is 5.25. The van der Waals surface area contributed by atoms with E-state index in [1.54, 1.807) is 0 Å². The number of allylic oxidation sites excluding steroid dienone is 1. The fraction of sp³-hybridized carbons (Fsp3) is 0.727. The highest BCUT2D eigenvalue weighted by Gasteiger charge is 2.19. The van der Waals surface area contributed by atoms with Gasteiger partial charge >= 0.3 is 0 Å². The first-order chi connectivity index (χ1) is 6.77. The van der Waals surface area contributed by atoms with Crippen LogP contribution in [0, 0.1) is 11.3 Å². The molecule has 1 unspecified atom stereocenters. The highest BCUT2D eigenvalue weighted by Crippen LogP contribution is 2.05. The van der Waals surface area contributed by atoms with Gasteiger partial charge in [-0.15, -0.1) is 0 Å². The summed E-state index contributed by atoms with van der Waals surface area (Å²) < 4.78 is 0. The average Bonchev–Trinajstić information content (AvgIpc) is 2.26. The predicted octanol–water partition coefficient (Wildman–Crippen LogP) is 1.09. The molecule has 0 saturated carbocycles. The molecule has 1 saturated heterocycles. The Kier molecular flexibility index (Phi) is 4.64. The Morgan fingerprint density at radius 1 is 1.36 bits per heavy atom. The van der Waals surface area contributed by atoms with E-state index in [-0.39, 0.29) is 6.04 Å². The number of piperazine rings is 1. The smallest absolute Gasteiger partial charge is 0.0950 e. The molecular weight excluding hydrogens is 174 g/mol. The van der Waals surface area contributed by atoms with Crippen LogP contribution in [0.15, 0.2) is 12.2 Å². The van der Waals surface area contributed by atoms with Gasteiger partial charge in [0, 0.05) is 32.7 Å². The highest BCUT2D eigenvalue weighted by atomic mass is 15.3. The van der Waals surface area contributed by atoms with Gasteiger partial charge in [-0.25, -0.2) is 0 Å². The Balaban J connectivity index is 2.28. The fourth-order valence-corrected chi connectivity index (χ4v) is 1.67. The maximum atomic E-state index is 8.78. The van der Waals surface area contributed by atoms with E-state index in [4.69, 9.17) is 5.26 Å². The van der Waals surface area contributed by atoms with Crippen LogP contribution < -0.4 is 0 Å². The number of hydrogen-bond acceptors (Lipinski definition) is 3. The van der Waals surface area contributed by atoms with Crippen LogP contribution in [0.5, 0.6) is 0 Å². The van der Waals surface area contributed by atoms with Crippen molar-refractivity contribution in [2.75, 3.05) is 32.7 Å². The minimum Gasteiger partial charge on any atom is -0.297 e. The molecular formula is C11H19N3. The van der Waals surface area contributed by atoms with Gasteiger partial charge in [0.25, 0.3) is 0 Å². The topological polar surface area (TPSA) is 30.3 Å². The van der Waals surface area contributed by atoms with E-state index in [1.807, 2.05) is 13.8 Å². The van der Waals surface area contributed by atoms with Crippen LogP contribution in [0.2, 0.25) is 0 Å². The second kappa shape index (κ2) is 5.79. The van der Waals surface area contributed by atoms with Crippen molar-refractivity contribution in [2.24, 2.45) is 0 Å². The van der Waals surface area contributed by atoms with Gasteiger partial charge in [-0.1, -0.05) is 12.2 Å². The van der Waals surface area contributed by atoms with Gasteiger partial charge in [0.15, 0.2) is 0 Å². The predicted molar refractivity (Wildman–Crippen MR) is 57.9 cm³/mol. The average molecular weight is 193 g/mol. The first-order valence-corrected chi connectivity index (χ1v) is 5.25. The minimum atomic E-state index is 0.0684. The van der Waals surface area contributed by atoms with E-state index in [1.165, 1.54) is 0 Å². The molecule has 0 aromatic rings. The van der Waals surface area contributed by atoms with Crippen LogP contribution in [0.4, 0.5) is 0 Å². The molecule has 1 atom stereocenters. The normalized spacial score (nSPS) is 22.4. The van der Waals surface area contributed by atoms with E-state index in [9.17, 15) is 0 Å². The molecule has 78 valence electrons. The number of rotatable bonds is 3. The van der Waals surface area contributed by atoms with Crippen molar-refractivity contribution < 1.29 is 0 Å². The Morgan fingerprint density at radius 3 is 2.50 bits per heavy atom. The third kappa shape index (κ3) is 3.13. The lowest BCUT2D eigenvalue weighted by Gasteiger charge is -2.35. The van der Waals surface area contributed by atoms with Crippen LogP contribution >= 0.6 is 0 Å². The zero-order valence-corrected chi connectivity index (χ0v) is 9.11. The Bertz CT molecular complexity index is 221. The Morgan fingerprint density at radius 2 is 2.00 bits per heavy atom. The summed E-state index contributed by atoms with van der Waals surface area (Å²) in [5.74, 6) is 0. The van der Waals surface area contributed by atoms with E-state index in [0.717, 1.165) is 32.7 Å². The molecule has 0 aromatic heterocycles. The summed E-state index contributed by atoms with van der Waals surface area (Å²) in [5, 5.41) is 8.78. The van der Waals surface area contributed by atoms with Crippen LogP contribution in [0.25, 0.3) is 0 Å². The summed E-state index contributed by atoms with van der Waals surface area (Å²) in [6, 6.07) is 2.35. The monoisotopic (exact) mass is 193 g/mol. The van der Waals surface area contributed by atoms with Crippen molar-refractivity contribution in [3.63, 3.8) is 0 Å². The third-order valence-corrected chi connectivity index (χ3v) is 2.74. The lowest BCUT2D eigenvalue weighted by molar-refractivity contribution is 0.128. The summed E-state index contributed by atoms with van der Waals surface area (Å²) in [6.45, 7) is 9.27. The van der Waals surface area contributed by atoms with Gasteiger partial charge in [0.05, 0.1) is 12.1 Å². The third-order valence-electron chi connectivity index (χ3n) is 2.74. The number of nitrogens with zero attached hydrogens (tertiary/aromatic N) is 3. The van der Waals surface area contributed by atoms with Crippen LogP contribution in [-0.4, -0.2) is 48.6 Å². The molecule has 3 nitrogen and oxygen atoms in total. The van der Waals surface area contributed by atoms with E-state index >= 15 is 0 Å². The van der Waals surface area contributed by atoms with Gasteiger partial charge in [0.1, 0.15) is 0 Å². The molecule has 0 radical (unpaired) electrons. The number of hydrogen-bond donors (Lipinski definition) is 0. The highest BCUT2D eigenvalue weighted by molar-refractivity contribution is 4.91. The fourth-order valence-electron chi connectivity index (χ4n) is 1.67. The van der Waals surface area contributed by atoms with Gasteiger partial charge in [-0.05, 0) is 13.8 Å². The molecule has 1 aliphatic heterocycles. The summed E-state index contributed by atoms with van der Waals surface area (Å²) in [7, 11) is 0. The van der Waals surface area contributed by atoms with Crippen molar-refractivity contribution in [1.82, 2.24) is 9.80 Å². The standard InChI is InChI=1S/C11H19N3/c1-3-4-5-13-6-8-14(9-7-13)11(2)10-12/h3-4,11H,5-9H2,1-2H3. The van der Waals surface area contributed by atoms with Crippen LogP contribution in [-0.2, 0) is 0 Å². The van der Waals surface area contributed by atoms with Crippen molar-refractivity contribution in [2.45, 2.75) is 19.9 Å². The van der Waals surface area contributed by atoms with E-state index in [0.29, 0.717) is 0 Å². The Labute approximate surface area is 86.6 Å². The maximum absolute atomic E-state index is 8.78. The quantitative estimate of drug-likeness (QED) is 0.629. The molecule has 1 rings (SSSR count). The largest absolute Gasteiger partial charge is 0.297 e. The molecule has 0 bridgehead atoms. The van der Waals surface area contributed by atoms with Crippen LogP contribution in [0.1, 0.15) is 13.8 Å². The molecule has 0 spiro atoms. The number of nitriles is 1. The molecule has 1 aliphatic rings. The van der Waals surface area contributed by atoms with Crippen molar-refractivity contribution in [3.05, 3.63) is 12.2 Å². The van der Waals surface area contributed by atoms with E-state index in [2.05, 4.69) is 28.0 Å². The molecule has 3 heteroatoms. The second-order valence-electron chi connectivity index (χ2n) is 3.71. The first kappa shape index (κ1) is 11.2. The second-order valence-corrected chi connectivity index (χ2v) is 3.71. The zero-order valence-electron chi connectivity index (χ0n) is 9.11. The molecule has 0 aromatic carbocycles. The summed E-state index contributed by atoms with van der Waals surface area (Å²) >= 11 is 0. The van der Waals surface area contributed by atoms with Gasteiger partial charge in [-0.3, -0.25) is 9.80 Å². The zero-order chi connectivity index (χ0) is 10.4. The SMILES string of the molecule is CC=CCN1CCN(C(C)C#N)CC1. The molecule has 1 fully saturated rings. The van der Waals surface area contributed by atoms with Gasteiger partial charge in [-0.2, -0.15) is 5.26 Å². The van der Waals surface area contributed by atoms with Crippen molar-refractivity contribution in [1.29, 1.82) is 5.26 Å². The molecule has 0 amide bonds. The van der Waals surface area contributed by atoms with Gasteiger partial charge < -0.3 is 0 Å². The molecule has 0 N–H and O–H groups in total. The van der Waals surface area contributed by atoms with Crippen molar-refractivity contribution >= 4 is 0 Å². The summed E-state index contributed by atoms with van der Waals surface area (Å²) in [5.41, 5.74) is 0. The minimum absolute atomic E-state index is 0.0684. The summed E-state index contributed by atoms with van der Waals surface area (Å²) in [4.78, 5) is 4.66. The molecule has 0 aliphatic carbocycles. The lowest BCUT2D eigenvalue weighted by Crippen LogP contribution is -2.49. The Hall–Kier alpha value is -0.850.